The maximum atomic E-state index is 6.27. The van der Waals surface area contributed by atoms with Crippen molar-refractivity contribution in [3.8, 4) is 0 Å². The van der Waals surface area contributed by atoms with Crippen LogP contribution in [-0.2, 0) is 13.5 Å². The second-order valence-electron chi connectivity index (χ2n) is 4.59. The van der Waals surface area contributed by atoms with Gasteiger partial charge in [0.2, 0.25) is 0 Å². The van der Waals surface area contributed by atoms with Crippen molar-refractivity contribution in [1.29, 1.82) is 0 Å². The van der Waals surface area contributed by atoms with Gasteiger partial charge in [0.15, 0.2) is 0 Å². The Kier molecular flexibility index (Phi) is 4.04. The Bertz CT molecular complexity index is 534. The summed E-state index contributed by atoms with van der Waals surface area (Å²) in [7, 11) is 3.88. The zero-order chi connectivity index (χ0) is 13.1. The van der Waals surface area contributed by atoms with Crippen LogP contribution in [0.25, 0.3) is 0 Å². The van der Waals surface area contributed by atoms with Gasteiger partial charge >= 0.3 is 0 Å². The number of nitrogens with one attached hydrogen (secondary N) is 1. The number of halogens is 1. The molecular formula is C14H18ClN3. The van der Waals surface area contributed by atoms with Gasteiger partial charge in [-0.05, 0) is 37.6 Å². The SMILES string of the molecule is CNC(Cc1ccc(C)cc1Cl)c1cnn(C)c1. The second-order valence-corrected chi connectivity index (χ2v) is 4.99. The van der Waals surface area contributed by atoms with Crippen LogP contribution in [0.5, 0.6) is 0 Å². The fraction of sp³-hybridized carbons (Fsp3) is 0.357. The van der Waals surface area contributed by atoms with Crippen LogP contribution in [0.2, 0.25) is 5.02 Å². The summed E-state index contributed by atoms with van der Waals surface area (Å²) < 4.78 is 1.82. The number of hydrogen-bond donors (Lipinski definition) is 1. The summed E-state index contributed by atoms with van der Waals surface area (Å²) >= 11 is 6.27. The van der Waals surface area contributed by atoms with E-state index in [2.05, 4.69) is 22.5 Å². The van der Waals surface area contributed by atoms with Gasteiger partial charge < -0.3 is 5.32 Å². The first-order valence-electron chi connectivity index (χ1n) is 6.01. The Balaban J connectivity index is 2.20. The first-order chi connectivity index (χ1) is 8.60. The van der Waals surface area contributed by atoms with Gasteiger partial charge in [-0.1, -0.05) is 23.7 Å². The summed E-state index contributed by atoms with van der Waals surface area (Å²) in [5.74, 6) is 0. The molecule has 1 unspecified atom stereocenters. The van der Waals surface area contributed by atoms with Gasteiger partial charge in [0.05, 0.1) is 6.20 Å². The highest BCUT2D eigenvalue weighted by Gasteiger charge is 2.13. The Labute approximate surface area is 113 Å². The molecule has 0 fully saturated rings. The van der Waals surface area contributed by atoms with Crippen molar-refractivity contribution in [2.24, 2.45) is 7.05 Å². The molecule has 1 N–H and O–H groups in total. The first kappa shape index (κ1) is 13.1. The van der Waals surface area contributed by atoms with Gasteiger partial charge in [0.1, 0.15) is 0 Å². The van der Waals surface area contributed by atoms with E-state index in [0.29, 0.717) is 0 Å². The molecule has 1 aromatic heterocycles. The predicted octanol–water partition coefficient (Wildman–Crippen LogP) is 2.89. The van der Waals surface area contributed by atoms with E-state index in [1.807, 2.05) is 44.2 Å². The minimum absolute atomic E-state index is 0.235. The number of aromatic nitrogens is 2. The highest BCUT2D eigenvalue weighted by atomic mass is 35.5. The van der Waals surface area contributed by atoms with Crippen LogP contribution < -0.4 is 5.32 Å². The molecule has 0 bridgehead atoms. The lowest BCUT2D eigenvalue weighted by Gasteiger charge is -2.15. The third-order valence-corrected chi connectivity index (χ3v) is 3.46. The molecule has 4 heteroatoms. The Morgan fingerprint density at radius 2 is 2.22 bits per heavy atom. The number of rotatable bonds is 4. The second kappa shape index (κ2) is 5.55. The first-order valence-corrected chi connectivity index (χ1v) is 6.39. The lowest BCUT2D eigenvalue weighted by molar-refractivity contribution is 0.591. The normalized spacial score (nSPS) is 12.7. The average Bonchev–Trinajstić information content (AvgIpc) is 2.75. The summed E-state index contributed by atoms with van der Waals surface area (Å²) in [6, 6.07) is 6.43. The molecule has 0 aliphatic rings. The Morgan fingerprint density at radius 3 is 2.78 bits per heavy atom. The van der Waals surface area contributed by atoms with E-state index in [1.165, 1.54) is 11.1 Å². The standard InChI is InChI=1S/C14H18ClN3/c1-10-4-5-11(13(15)6-10)7-14(16-2)12-8-17-18(3)9-12/h4-6,8-9,14,16H,7H2,1-3H3. The van der Waals surface area contributed by atoms with Crippen molar-refractivity contribution in [2.75, 3.05) is 7.05 Å². The van der Waals surface area contributed by atoms with Crippen molar-refractivity contribution in [1.82, 2.24) is 15.1 Å². The predicted molar refractivity (Wildman–Crippen MR) is 74.9 cm³/mol. The van der Waals surface area contributed by atoms with Crippen molar-refractivity contribution >= 4 is 11.6 Å². The molecule has 1 aromatic carbocycles. The maximum absolute atomic E-state index is 6.27. The van der Waals surface area contributed by atoms with Crippen LogP contribution in [-0.4, -0.2) is 16.8 Å². The van der Waals surface area contributed by atoms with E-state index in [1.54, 1.807) is 0 Å². The number of likely N-dealkylation sites (N-methyl/N-ethyl adjacent to an activating group) is 1. The number of aryl methyl sites for hydroxylation is 2. The number of benzene rings is 1. The van der Waals surface area contributed by atoms with Crippen LogP contribution in [0, 0.1) is 6.92 Å². The molecule has 18 heavy (non-hydrogen) atoms. The van der Waals surface area contributed by atoms with Crippen LogP contribution in [0.4, 0.5) is 0 Å². The highest BCUT2D eigenvalue weighted by molar-refractivity contribution is 6.31. The number of hydrogen-bond acceptors (Lipinski definition) is 2. The minimum atomic E-state index is 0.235. The zero-order valence-corrected chi connectivity index (χ0v) is 11.7. The van der Waals surface area contributed by atoms with Crippen molar-refractivity contribution in [3.63, 3.8) is 0 Å². The van der Waals surface area contributed by atoms with E-state index >= 15 is 0 Å². The van der Waals surface area contributed by atoms with E-state index in [4.69, 9.17) is 11.6 Å². The summed E-state index contributed by atoms with van der Waals surface area (Å²) in [5, 5.41) is 8.35. The smallest absolute Gasteiger partial charge is 0.0537 e. The van der Waals surface area contributed by atoms with E-state index in [0.717, 1.165) is 17.0 Å². The van der Waals surface area contributed by atoms with Crippen LogP contribution in [0.1, 0.15) is 22.7 Å². The molecule has 0 radical (unpaired) electrons. The van der Waals surface area contributed by atoms with Gasteiger partial charge in [-0.25, -0.2) is 0 Å². The molecule has 0 saturated carbocycles. The molecule has 0 aliphatic carbocycles. The third kappa shape index (κ3) is 2.92. The Morgan fingerprint density at radius 1 is 1.44 bits per heavy atom. The monoisotopic (exact) mass is 263 g/mol. The van der Waals surface area contributed by atoms with Crippen LogP contribution in [0.3, 0.4) is 0 Å². The summed E-state index contributed by atoms with van der Waals surface area (Å²) in [5.41, 5.74) is 3.52. The highest BCUT2D eigenvalue weighted by Crippen LogP contribution is 2.24. The topological polar surface area (TPSA) is 29.9 Å². The van der Waals surface area contributed by atoms with E-state index in [9.17, 15) is 0 Å². The van der Waals surface area contributed by atoms with E-state index < -0.39 is 0 Å². The fourth-order valence-corrected chi connectivity index (χ4v) is 2.36. The molecule has 0 amide bonds. The minimum Gasteiger partial charge on any atom is -0.313 e. The molecule has 96 valence electrons. The Hall–Kier alpha value is -1.32. The van der Waals surface area contributed by atoms with Crippen molar-refractivity contribution in [2.45, 2.75) is 19.4 Å². The van der Waals surface area contributed by atoms with Gasteiger partial charge in [0, 0.05) is 29.9 Å². The molecule has 1 atom stereocenters. The van der Waals surface area contributed by atoms with Crippen LogP contribution in [0.15, 0.2) is 30.6 Å². The average molecular weight is 264 g/mol. The van der Waals surface area contributed by atoms with Crippen molar-refractivity contribution in [3.05, 3.63) is 52.3 Å². The molecule has 0 spiro atoms. The van der Waals surface area contributed by atoms with Crippen LogP contribution >= 0.6 is 11.6 Å². The molecule has 1 heterocycles. The van der Waals surface area contributed by atoms with E-state index in [-0.39, 0.29) is 6.04 Å². The summed E-state index contributed by atoms with van der Waals surface area (Å²) in [6.07, 6.45) is 4.79. The quantitative estimate of drug-likeness (QED) is 0.919. The molecule has 0 aliphatic heterocycles. The van der Waals surface area contributed by atoms with Gasteiger partial charge in [-0.3, -0.25) is 4.68 Å². The maximum Gasteiger partial charge on any atom is 0.0537 e. The van der Waals surface area contributed by atoms with Gasteiger partial charge in [0.25, 0.3) is 0 Å². The van der Waals surface area contributed by atoms with Crippen molar-refractivity contribution < 1.29 is 0 Å². The molecule has 2 aromatic rings. The lowest BCUT2D eigenvalue weighted by atomic mass is 10.0. The molecule has 0 saturated heterocycles. The zero-order valence-electron chi connectivity index (χ0n) is 10.9. The number of nitrogens with zero attached hydrogens (tertiary/aromatic N) is 2. The van der Waals surface area contributed by atoms with Gasteiger partial charge in [-0.15, -0.1) is 0 Å². The molecular weight excluding hydrogens is 246 g/mol. The molecule has 2 rings (SSSR count). The fourth-order valence-electron chi connectivity index (χ4n) is 2.04. The summed E-state index contributed by atoms with van der Waals surface area (Å²) in [4.78, 5) is 0. The third-order valence-electron chi connectivity index (χ3n) is 3.11. The molecule has 3 nitrogen and oxygen atoms in total. The summed E-state index contributed by atoms with van der Waals surface area (Å²) in [6.45, 7) is 2.05. The lowest BCUT2D eigenvalue weighted by Crippen LogP contribution is -2.18. The largest absolute Gasteiger partial charge is 0.313 e. The van der Waals surface area contributed by atoms with Gasteiger partial charge in [-0.2, -0.15) is 5.10 Å².